The number of nitrogens with zero attached hydrogens (tertiary/aromatic N) is 2. The molecule has 0 aliphatic rings. The van der Waals surface area contributed by atoms with Crippen molar-refractivity contribution in [3.63, 3.8) is 0 Å². The van der Waals surface area contributed by atoms with Crippen LogP contribution in [-0.2, 0) is 0 Å². The molecule has 0 spiro atoms. The molecule has 0 radical (unpaired) electrons. The molecule has 16 heavy (non-hydrogen) atoms. The molecule has 0 aliphatic carbocycles. The van der Waals surface area contributed by atoms with E-state index in [1.807, 2.05) is 12.1 Å². The molecule has 0 aliphatic heterocycles. The lowest BCUT2D eigenvalue weighted by molar-refractivity contribution is 0.619. The van der Waals surface area contributed by atoms with Crippen molar-refractivity contribution in [3.05, 3.63) is 28.8 Å². The molecule has 0 saturated heterocycles. The van der Waals surface area contributed by atoms with Gasteiger partial charge in [-0.05, 0) is 31.0 Å². The van der Waals surface area contributed by atoms with E-state index in [1.165, 1.54) is 0 Å². The Labute approximate surface area is 102 Å². The van der Waals surface area contributed by atoms with Crippen LogP contribution in [0.2, 0.25) is 5.02 Å². The van der Waals surface area contributed by atoms with Crippen molar-refractivity contribution >= 4 is 17.3 Å². The Kier molecular flexibility index (Phi) is 4.64. The van der Waals surface area contributed by atoms with E-state index in [0.717, 1.165) is 18.8 Å². The van der Waals surface area contributed by atoms with Crippen LogP contribution >= 0.6 is 11.6 Å². The molecule has 0 saturated carbocycles. The van der Waals surface area contributed by atoms with E-state index in [9.17, 15) is 0 Å². The molecule has 0 aromatic heterocycles. The van der Waals surface area contributed by atoms with Crippen LogP contribution in [0.5, 0.6) is 0 Å². The third kappa shape index (κ3) is 3.15. The van der Waals surface area contributed by atoms with Gasteiger partial charge in [-0.25, -0.2) is 0 Å². The Morgan fingerprint density at radius 2 is 2.12 bits per heavy atom. The summed E-state index contributed by atoms with van der Waals surface area (Å²) >= 11 is 6.17. The minimum atomic E-state index is 0.590. The summed E-state index contributed by atoms with van der Waals surface area (Å²) in [6.45, 7) is 8.36. The molecule has 2 nitrogen and oxygen atoms in total. The van der Waals surface area contributed by atoms with E-state index >= 15 is 0 Å². The van der Waals surface area contributed by atoms with Crippen molar-refractivity contribution in [1.82, 2.24) is 0 Å². The monoisotopic (exact) mass is 236 g/mol. The summed E-state index contributed by atoms with van der Waals surface area (Å²) in [6.07, 6.45) is 0. The van der Waals surface area contributed by atoms with Crippen molar-refractivity contribution in [2.45, 2.75) is 20.8 Å². The number of benzene rings is 1. The highest BCUT2D eigenvalue weighted by molar-refractivity contribution is 6.33. The SMILES string of the molecule is CCN(CC(C)C)c1ccc(C#N)cc1Cl. The van der Waals surface area contributed by atoms with E-state index in [1.54, 1.807) is 6.07 Å². The Balaban J connectivity index is 2.98. The topological polar surface area (TPSA) is 27.0 Å². The van der Waals surface area contributed by atoms with Crippen molar-refractivity contribution in [2.24, 2.45) is 5.92 Å². The molecule has 1 rings (SSSR count). The molecule has 86 valence electrons. The molecule has 0 N–H and O–H groups in total. The third-order valence-corrected chi connectivity index (χ3v) is 2.69. The molecule has 1 aromatic carbocycles. The van der Waals surface area contributed by atoms with Crippen molar-refractivity contribution in [3.8, 4) is 6.07 Å². The number of anilines is 1. The Morgan fingerprint density at radius 3 is 2.56 bits per heavy atom. The summed E-state index contributed by atoms with van der Waals surface area (Å²) in [4.78, 5) is 2.23. The fourth-order valence-corrected chi connectivity index (χ4v) is 1.97. The van der Waals surface area contributed by atoms with Crippen LogP contribution in [0.1, 0.15) is 26.3 Å². The highest BCUT2D eigenvalue weighted by atomic mass is 35.5. The van der Waals surface area contributed by atoms with Gasteiger partial charge in [-0.15, -0.1) is 0 Å². The van der Waals surface area contributed by atoms with Gasteiger partial charge >= 0.3 is 0 Å². The number of nitriles is 1. The number of hydrogen-bond donors (Lipinski definition) is 0. The molecule has 0 atom stereocenters. The lowest BCUT2D eigenvalue weighted by Crippen LogP contribution is -2.27. The van der Waals surface area contributed by atoms with Gasteiger partial charge in [0.2, 0.25) is 0 Å². The van der Waals surface area contributed by atoms with Gasteiger partial charge in [0.05, 0.1) is 22.3 Å². The summed E-state index contributed by atoms with van der Waals surface area (Å²) in [7, 11) is 0. The first-order valence-corrected chi connectivity index (χ1v) is 5.90. The zero-order valence-electron chi connectivity index (χ0n) is 10.00. The van der Waals surface area contributed by atoms with E-state index in [2.05, 4.69) is 31.7 Å². The summed E-state index contributed by atoms with van der Waals surface area (Å²) in [5.41, 5.74) is 1.62. The first kappa shape index (κ1) is 12.9. The van der Waals surface area contributed by atoms with Gasteiger partial charge in [0, 0.05) is 13.1 Å². The predicted molar refractivity (Wildman–Crippen MR) is 68.9 cm³/mol. The van der Waals surface area contributed by atoms with Gasteiger partial charge in [0.25, 0.3) is 0 Å². The summed E-state index contributed by atoms with van der Waals surface area (Å²) < 4.78 is 0. The van der Waals surface area contributed by atoms with E-state index in [4.69, 9.17) is 16.9 Å². The molecule has 0 bridgehead atoms. The molecule has 0 fully saturated rings. The van der Waals surface area contributed by atoms with Gasteiger partial charge in [0.15, 0.2) is 0 Å². The van der Waals surface area contributed by atoms with Gasteiger partial charge in [-0.2, -0.15) is 5.26 Å². The largest absolute Gasteiger partial charge is 0.370 e. The molecule has 1 aromatic rings. The second-order valence-electron chi connectivity index (χ2n) is 4.21. The first-order valence-electron chi connectivity index (χ1n) is 5.53. The highest BCUT2D eigenvalue weighted by Gasteiger charge is 2.10. The van der Waals surface area contributed by atoms with Gasteiger partial charge in [0.1, 0.15) is 0 Å². The minimum Gasteiger partial charge on any atom is -0.370 e. The molecule has 0 amide bonds. The number of halogens is 1. The maximum absolute atomic E-state index is 8.77. The lowest BCUT2D eigenvalue weighted by Gasteiger charge is -2.26. The maximum atomic E-state index is 8.77. The Bertz CT molecular complexity index is 393. The fraction of sp³-hybridized carbons (Fsp3) is 0.462. The number of rotatable bonds is 4. The van der Waals surface area contributed by atoms with Crippen molar-refractivity contribution in [1.29, 1.82) is 5.26 Å². The van der Waals surface area contributed by atoms with E-state index < -0.39 is 0 Å². The van der Waals surface area contributed by atoms with Gasteiger partial charge in [-0.3, -0.25) is 0 Å². The normalized spacial score (nSPS) is 10.2. The van der Waals surface area contributed by atoms with Gasteiger partial charge < -0.3 is 4.90 Å². The third-order valence-electron chi connectivity index (χ3n) is 2.38. The summed E-state index contributed by atoms with van der Waals surface area (Å²) in [5.74, 6) is 0.590. The van der Waals surface area contributed by atoms with Crippen molar-refractivity contribution in [2.75, 3.05) is 18.0 Å². The van der Waals surface area contributed by atoms with Crippen LogP contribution in [-0.4, -0.2) is 13.1 Å². The van der Waals surface area contributed by atoms with E-state index in [-0.39, 0.29) is 0 Å². The lowest BCUT2D eigenvalue weighted by atomic mass is 10.1. The zero-order valence-corrected chi connectivity index (χ0v) is 10.8. The molecule has 0 unspecified atom stereocenters. The smallest absolute Gasteiger partial charge is 0.0992 e. The second kappa shape index (κ2) is 5.77. The highest BCUT2D eigenvalue weighted by Crippen LogP contribution is 2.27. The Morgan fingerprint density at radius 1 is 1.44 bits per heavy atom. The molecule has 3 heteroatoms. The van der Waals surface area contributed by atoms with Crippen LogP contribution in [0, 0.1) is 17.2 Å². The van der Waals surface area contributed by atoms with Crippen LogP contribution in [0.15, 0.2) is 18.2 Å². The average molecular weight is 237 g/mol. The first-order chi connectivity index (χ1) is 7.58. The molecular formula is C13H17ClN2. The van der Waals surface area contributed by atoms with Crippen LogP contribution in [0.25, 0.3) is 0 Å². The van der Waals surface area contributed by atoms with E-state index in [0.29, 0.717) is 16.5 Å². The quantitative estimate of drug-likeness (QED) is 0.797. The van der Waals surface area contributed by atoms with Crippen LogP contribution in [0.3, 0.4) is 0 Å². The zero-order chi connectivity index (χ0) is 12.1. The standard InChI is InChI=1S/C13H17ClN2/c1-4-16(9-10(2)3)13-6-5-11(8-15)7-12(13)14/h5-7,10H,4,9H2,1-3H3. The summed E-state index contributed by atoms with van der Waals surface area (Å²) in [5, 5.41) is 9.43. The Hall–Kier alpha value is -1.20. The predicted octanol–water partition coefficient (Wildman–Crippen LogP) is 3.69. The maximum Gasteiger partial charge on any atom is 0.0992 e. The molecule has 0 heterocycles. The summed E-state index contributed by atoms with van der Waals surface area (Å²) in [6, 6.07) is 7.54. The average Bonchev–Trinajstić information content (AvgIpc) is 2.25. The van der Waals surface area contributed by atoms with Crippen LogP contribution in [0.4, 0.5) is 5.69 Å². The number of hydrogen-bond acceptors (Lipinski definition) is 2. The molecular weight excluding hydrogens is 220 g/mol. The van der Waals surface area contributed by atoms with Crippen molar-refractivity contribution < 1.29 is 0 Å². The van der Waals surface area contributed by atoms with Crippen LogP contribution < -0.4 is 4.90 Å². The van der Waals surface area contributed by atoms with Gasteiger partial charge in [-0.1, -0.05) is 25.4 Å². The fourth-order valence-electron chi connectivity index (χ4n) is 1.67. The second-order valence-corrected chi connectivity index (χ2v) is 4.62. The minimum absolute atomic E-state index is 0.590.